The Labute approximate surface area is 134 Å². The molecule has 0 aliphatic rings. The lowest BCUT2D eigenvalue weighted by Gasteiger charge is -2.16. The summed E-state index contributed by atoms with van der Waals surface area (Å²) in [5.41, 5.74) is 0.945. The molecule has 0 radical (unpaired) electrons. The Balaban J connectivity index is 2.05. The van der Waals surface area contributed by atoms with Crippen LogP contribution in [0.1, 0.15) is 24.2 Å². The third kappa shape index (κ3) is 4.09. The maximum atomic E-state index is 12.2. The number of hydrogen-bond acceptors (Lipinski definition) is 3. The molecule has 0 aromatic heterocycles. The molecule has 0 heterocycles. The molecular formula is C17H16ClNO3. The molecule has 0 fully saturated rings. The number of carbonyl (C=O) groups is 2. The van der Waals surface area contributed by atoms with Crippen LogP contribution < -0.4 is 10.1 Å². The van der Waals surface area contributed by atoms with Crippen LogP contribution in [0.15, 0.2) is 48.5 Å². The molecule has 0 saturated carbocycles. The lowest BCUT2D eigenvalue weighted by Crippen LogP contribution is -2.30. The minimum Gasteiger partial charge on any atom is -0.481 e. The van der Waals surface area contributed by atoms with Gasteiger partial charge in [0.25, 0.3) is 5.91 Å². The fraction of sp³-hybridized carbons (Fsp3) is 0.176. The van der Waals surface area contributed by atoms with Crippen molar-refractivity contribution >= 4 is 29.0 Å². The van der Waals surface area contributed by atoms with Crippen LogP contribution in [0.5, 0.6) is 5.75 Å². The minimum atomic E-state index is -0.707. The molecule has 4 nitrogen and oxygen atoms in total. The fourth-order valence-electron chi connectivity index (χ4n) is 1.90. The first kappa shape index (κ1) is 16.0. The van der Waals surface area contributed by atoms with Crippen molar-refractivity contribution in [2.45, 2.75) is 20.0 Å². The van der Waals surface area contributed by atoms with E-state index in [-0.39, 0.29) is 11.7 Å². The van der Waals surface area contributed by atoms with Gasteiger partial charge in [-0.2, -0.15) is 0 Å². The first-order valence-corrected chi connectivity index (χ1v) is 7.18. The highest BCUT2D eigenvalue weighted by Gasteiger charge is 2.17. The highest BCUT2D eigenvalue weighted by molar-refractivity contribution is 6.30. The van der Waals surface area contributed by atoms with Crippen LogP contribution >= 0.6 is 11.6 Å². The van der Waals surface area contributed by atoms with Crippen LogP contribution in [0.3, 0.4) is 0 Å². The first-order chi connectivity index (χ1) is 10.5. The van der Waals surface area contributed by atoms with Gasteiger partial charge >= 0.3 is 0 Å². The number of Topliss-reactive ketones (excluding diaryl/α,β-unsaturated/α-hetero) is 1. The average Bonchev–Trinajstić information content (AvgIpc) is 2.49. The Kier molecular flexibility index (Phi) is 5.17. The summed E-state index contributed by atoms with van der Waals surface area (Å²) >= 11 is 5.80. The number of benzene rings is 2. The van der Waals surface area contributed by atoms with E-state index in [0.29, 0.717) is 22.0 Å². The smallest absolute Gasteiger partial charge is 0.265 e. The van der Waals surface area contributed by atoms with Crippen molar-refractivity contribution in [2.75, 3.05) is 5.32 Å². The molecular weight excluding hydrogens is 302 g/mol. The number of rotatable bonds is 5. The molecule has 114 valence electrons. The van der Waals surface area contributed by atoms with Gasteiger partial charge in [0.15, 0.2) is 11.9 Å². The van der Waals surface area contributed by atoms with Gasteiger partial charge in [0, 0.05) is 10.6 Å². The third-order valence-corrected chi connectivity index (χ3v) is 3.31. The Morgan fingerprint density at radius 3 is 2.36 bits per heavy atom. The molecule has 1 N–H and O–H groups in total. The first-order valence-electron chi connectivity index (χ1n) is 6.80. The molecule has 1 amide bonds. The minimum absolute atomic E-state index is 0.109. The Morgan fingerprint density at radius 1 is 1.09 bits per heavy atom. The molecule has 0 spiro atoms. The third-order valence-electron chi connectivity index (χ3n) is 3.06. The van der Waals surface area contributed by atoms with E-state index < -0.39 is 6.10 Å². The number of amides is 1. The van der Waals surface area contributed by atoms with Crippen molar-refractivity contribution in [3.8, 4) is 5.75 Å². The number of ketones is 1. The van der Waals surface area contributed by atoms with Gasteiger partial charge in [0.2, 0.25) is 0 Å². The maximum Gasteiger partial charge on any atom is 0.265 e. The molecule has 2 rings (SSSR count). The van der Waals surface area contributed by atoms with Gasteiger partial charge in [-0.3, -0.25) is 9.59 Å². The molecule has 1 unspecified atom stereocenters. The zero-order valence-corrected chi connectivity index (χ0v) is 13.1. The van der Waals surface area contributed by atoms with Crippen LogP contribution in [-0.2, 0) is 4.79 Å². The van der Waals surface area contributed by atoms with E-state index in [2.05, 4.69) is 5.32 Å². The Bertz CT molecular complexity index is 683. The van der Waals surface area contributed by atoms with Gasteiger partial charge in [-0.05, 0) is 50.2 Å². The van der Waals surface area contributed by atoms with Gasteiger partial charge in [-0.1, -0.05) is 23.7 Å². The summed E-state index contributed by atoms with van der Waals surface area (Å²) in [6, 6.07) is 13.6. The average molecular weight is 318 g/mol. The van der Waals surface area contributed by atoms with E-state index in [0.717, 1.165) is 0 Å². The van der Waals surface area contributed by atoms with Crippen molar-refractivity contribution in [3.05, 3.63) is 59.1 Å². The summed E-state index contributed by atoms with van der Waals surface area (Å²) in [7, 11) is 0. The summed E-state index contributed by atoms with van der Waals surface area (Å²) in [6.45, 7) is 3.10. The molecule has 0 aliphatic heterocycles. The predicted molar refractivity (Wildman–Crippen MR) is 86.6 cm³/mol. The summed E-state index contributed by atoms with van der Waals surface area (Å²) in [4.78, 5) is 23.7. The number of hydrogen-bond donors (Lipinski definition) is 1. The number of carbonyl (C=O) groups excluding carboxylic acids is 2. The van der Waals surface area contributed by atoms with E-state index in [4.69, 9.17) is 16.3 Å². The van der Waals surface area contributed by atoms with Gasteiger partial charge in [-0.25, -0.2) is 0 Å². The molecule has 0 saturated heterocycles. The van der Waals surface area contributed by atoms with Crippen LogP contribution in [0.25, 0.3) is 0 Å². The molecule has 1 atom stereocenters. The quantitative estimate of drug-likeness (QED) is 0.850. The summed E-state index contributed by atoms with van der Waals surface area (Å²) in [6.07, 6.45) is -0.707. The lowest BCUT2D eigenvalue weighted by atomic mass is 10.1. The summed E-state index contributed by atoms with van der Waals surface area (Å²) < 4.78 is 5.55. The van der Waals surface area contributed by atoms with Crippen LogP contribution in [0.2, 0.25) is 5.02 Å². The Hall–Kier alpha value is -2.33. The van der Waals surface area contributed by atoms with Crippen molar-refractivity contribution in [2.24, 2.45) is 0 Å². The number of ether oxygens (including phenoxy) is 1. The second-order valence-electron chi connectivity index (χ2n) is 4.81. The van der Waals surface area contributed by atoms with Crippen molar-refractivity contribution in [1.82, 2.24) is 0 Å². The van der Waals surface area contributed by atoms with E-state index in [9.17, 15) is 9.59 Å². The van der Waals surface area contributed by atoms with Gasteiger partial charge < -0.3 is 10.1 Å². The molecule has 0 aliphatic carbocycles. The van der Waals surface area contributed by atoms with Gasteiger partial charge in [0.1, 0.15) is 5.75 Å². The highest BCUT2D eigenvalue weighted by Crippen LogP contribution is 2.19. The zero-order valence-electron chi connectivity index (χ0n) is 12.3. The van der Waals surface area contributed by atoms with Crippen LogP contribution in [0, 0.1) is 0 Å². The summed E-state index contributed by atoms with van der Waals surface area (Å²) in [5.74, 6) is 0.109. The standard InChI is InChI=1S/C17H16ClNO3/c1-11(20)15-5-3-4-6-16(15)19-17(21)12(2)22-14-9-7-13(18)8-10-14/h3-10,12H,1-2H3,(H,19,21). The molecule has 22 heavy (non-hydrogen) atoms. The number of para-hydroxylation sites is 1. The molecule has 2 aromatic carbocycles. The van der Waals surface area contributed by atoms with E-state index >= 15 is 0 Å². The van der Waals surface area contributed by atoms with Gasteiger partial charge in [-0.15, -0.1) is 0 Å². The second-order valence-corrected chi connectivity index (χ2v) is 5.24. The van der Waals surface area contributed by atoms with E-state index in [1.54, 1.807) is 55.5 Å². The second kappa shape index (κ2) is 7.09. The van der Waals surface area contributed by atoms with E-state index in [1.807, 2.05) is 0 Å². The maximum absolute atomic E-state index is 12.2. The lowest BCUT2D eigenvalue weighted by molar-refractivity contribution is -0.122. The highest BCUT2D eigenvalue weighted by atomic mass is 35.5. The van der Waals surface area contributed by atoms with Crippen LogP contribution in [0.4, 0.5) is 5.69 Å². The fourth-order valence-corrected chi connectivity index (χ4v) is 2.03. The Morgan fingerprint density at radius 2 is 1.73 bits per heavy atom. The SMILES string of the molecule is CC(=O)c1ccccc1NC(=O)C(C)Oc1ccc(Cl)cc1. The number of anilines is 1. The van der Waals surface area contributed by atoms with Gasteiger partial charge in [0.05, 0.1) is 5.69 Å². The number of halogens is 1. The van der Waals surface area contributed by atoms with Crippen molar-refractivity contribution < 1.29 is 14.3 Å². The predicted octanol–water partition coefficient (Wildman–Crippen LogP) is 3.95. The van der Waals surface area contributed by atoms with Crippen molar-refractivity contribution in [3.63, 3.8) is 0 Å². The topological polar surface area (TPSA) is 55.4 Å². The zero-order chi connectivity index (χ0) is 16.1. The number of nitrogens with one attached hydrogen (secondary N) is 1. The largest absolute Gasteiger partial charge is 0.481 e. The monoisotopic (exact) mass is 317 g/mol. The van der Waals surface area contributed by atoms with E-state index in [1.165, 1.54) is 6.92 Å². The van der Waals surface area contributed by atoms with Crippen molar-refractivity contribution in [1.29, 1.82) is 0 Å². The molecule has 5 heteroatoms. The molecule has 0 bridgehead atoms. The summed E-state index contributed by atoms with van der Waals surface area (Å²) in [5, 5.41) is 3.31. The normalized spacial score (nSPS) is 11.6. The molecule has 2 aromatic rings. The van der Waals surface area contributed by atoms with Crippen LogP contribution in [-0.4, -0.2) is 17.8 Å².